The monoisotopic (exact) mass is 625 g/mol. The van der Waals surface area contributed by atoms with Crippen LogP contribution in [0.1, 0.15) is 62.3 Å². The Hall–Kier alpha value is -3.24. The normalized spacial score (nSPS) is 14.0. The van der Waals surface area contributed by atoms with Crippen LogP contribution in [0.2, 0.25) is 5.02 Å². The number of ether oxygens (including phenoxy) is 1. The third-order valence-corrected chi connectivity index (χ3v) is 8.88. The Labute approximate surface area is 259 Å². The highest BCUT2D eigenvalue weighted by molar-refractivity contribution is 7.89. The van der Waals surface area contributed by atoms with Crippen molar-refractivity contribution in [3.05, 3.63) is 101 Å². The summed E-state index contributed by atoms with van der Waals surface area (Å²) >= 11 is 6.11. The number of halogens is 1. The molecule has 0 spiro atoms. The number of hydrogen-bond donors (Lipinski definition) is 2. The van der Waals surface area contributed by atoms with Gasteiger partial charge in [-0.3, -0.25) is 9.59 Å². The minimum Gasteiger partial charge on any atom is -0.379 e. The Balaban J connectivity index is 1.52. The number of aryl methyl sites for hydroxylation is 1. The lowest BCUT2D eigenvalue weighted by Gasteiger charge is -2.32. The van der Waals surface area contributed by atoms with Gasteiger partial charge in [-0.2, -0.15) is 0 Å². The fourth-order valence-electron chi connectivity index (χ4n) is 4.64. The first-order valence-corrected chi connectivity index (χ1v) is 16.6. The minimum absolute atomic E-state index is 0.0251. The molecule has 2 N–H and O–H groups in total. The minimum atomic E-state index is -3.55. The molecular formula is C33H40ClN3O5S. The van der Waals surface area contributed by atoms with Gasteiger partial charge in [0.1, 0.15) is 6.04 Å². The number of nitrogens with zero attached hydrogens (tertiary/aromatic N) is 1. The van der Waals surface area contributed by atoms with Crippen molar-refractivity contribution in [2.24, 2.45) is 0 Å². The molecule has 0 bridgehead atoms. The van der Waals surface area contributed by atoms with E-state index in [1.54, 1.807) is 41.3 Å². The second-order valence-corrected chi connectivity index (χ2v) is 13.2. The molecule has 1 saturated carbocycles. The van der Waals surface area contributed by atoms with Gasteiger partial charge in [0.15, 0.2) is 0 Å². The number of hydrogen-bond acceptors (Lipinski definition) is 5. The average Bonchev–Trinajstić information content (AvgIpc) is 3.80. The molecule has 2 amide bonds. The highest BCUT2D eigenvalue weighted by Crippen LogP contribution is 2.26. The summed E-state index contributed by atoms with van der Waals surface area (Å²) in [5.41, 5.74) is 2.38. The van der Waals surface area contributed by atoms with Gasteiger partial charge in [0.25, 0.3) is 0 Å². The van der Waals surface area contributed by atoms with Crippen LogP contribution in [-0.4, -0.2) is 50.4 Å². The molecule has 1 atom stereocenters. The van der Waals surface area contributed by atoms with Crippen LogP contribution in [-0.2, 0) is 37.3 Å². The molecule has 0 heterocycles. The fourth-order valence-corrected chi connectivity index (χ4v) is 6.07. The summed E-state index contributed by atoms with van der Waals surface area (Å²) < 4.78 is 33.3. The summed E-state index contributed by atoms with van der Waals surface area (Å²) in [4.78, 5) is 29.4. The molecule has 1 aliphatic rings. The predicted molar refractivity (Wildman–Crippen MR) is 168 cm³/mol. The van der Waals surface area contributed by atoms with Crippen LogP contribution >= 0.6 is 11.6 Å². The van der Waals surface area contributed by atoms with E-state index >= 15 is 0 Å². The molecule has 1 fully saturated rings. The second-order valence-electron chi connectivity index (χ2n) is 11.1. The van der Waals surface area contributed by atoms with Crippen LogP contribution in [0.3, 0.4) is 0 Å². The Morgan fingerprint density at radius 1 is 0.953 bits per heavy atom. The maximum atomic E-state index is 13.9. The third kappa shape index (κ3) is 10.2. The van der Waals surface area contributed by atoms with Gasteiger partial charge >= 0.3 is 0 Å². The largest absolute Gasteiger partial charge is 0.379 e. The van der Waals surface area contributed by atoms with E-state index in [4.69, 9.17) is 16.3 Å². The summed E-state index contributed by atoms with van der Waals surface area (Å²) in [7, 11) is -3.55. The Bertz CT molecular complexity index is 1440. The summed E-state index contributed by atoms with van der Waals surface area (Å²) in [6, 6.07) is 22.3. The molecule has 8 nitrogen and oxygen atoms in total. The number of nitrogens with one attached hydrogen (secondary N) is 2. The van der Waals surface area contributed by atoms with E-state index in [0.29, 0.717) is 36.6 Å². The molecule has 0 unspecified atom stereocenters. The summed E-state index contributed by atoms with van der Waals surface area (Å²) in [5, 5.41) is 3.58. The molecule has 3 aromatic carbocycles. The Kier molecular flexibility index (Phi) is 11.8. The number of rotatable bonds is 16. The number of sulfonamides is 1. The van der Waals surface area contributed by atoms with Crippen molar-refractivity contribution in [2.75, 3.05) is 13.2 Å². The maximum Gasteiger partial charge on any atom is 0.247 e. The quantitative estimate of drug-likeness (QED) is 0.207. The average molecular weight is 626 g/mol. The summed E-state index contributed by atoms with van der Waals surface area (Å²) in [5.74, 6) is -0.468. The number of amides is 2. The van der Waals surface area contributed by atoms with Crippen molar-refractivity contribution in [1.29, 1.82) is 0 Å². The first-order chi connectivity index (χ1) is 20.6. The SMILES string of the molecule is CC(C)OCCCNC(=O)[C@@H](c1ccccc1)N(Cc1ccc(Cl)cc1)C(=O)CCc1ccc(S(=O)(=O)NC2CC2)cc1. The molecule has 0 aliphatic heterocycles. The third-order valence-electron chi connectivity index (χ3n) is 7.09. The van der Waals surface area contributed by atoms with Crippen molar-refractivity contribution in [3.8, 4) is 0 Å². The zero-order valence-corrected chi connectivity index (χ0v) is 26.2. The lowest BCUT2D eigenvalue weighted by Crippen LogP contribution is -2.44. The van der Waals surface area contributed by atoms with Gasteiger partial charge in [0.05, 0.1) is 11.0 Å². The first kappa shape index (κ1) is 32.7. The number of benzene rings is 3. The van der Waals surface area contributed by atoms with Crippen LogP contribution in [0.15, 0.2) is 83.8 Å². The zero-order valence-electron chi connectivity index (χ0n) is 24.7. The number of carbonyl (C=O) groups excluding carboxylic acids is 2. The van der Waals surface area contributed by atoms with Gasteiger partial charge in [-0.05, 0) is 80.5 Å². The van der Waals surface area contributed by atoms with Gasteiger partial charge in [-0.25, -0.2) is 13.1 Å². The molecule has 0 aromatic heterocycles. The standard InChI is InChI=1S/C33H40ClN3O5S/c1-24(2)42-22-6-21-35-33(39)32(27-7-4-3-5-8-27)37(23-26-9-14-28(34)15-10-26)31(38)20-13-25-11-18-30(19-12-25)43(40,41)36-29-16-17-29/h3-5,7-12,14-15,18-19,24,29,32,36H,6,13,16-17,20-23H2,1-2H3,(H,35,39)/t32-/m1/s1. The fraction of sp³-hybridized carbons (Fsp3) is 0.394. The molecule has 0 saturated heterocycles. The molecule has 43 heavy (non-hydrogen) atoms. The molecule has 3 aromatic rings. The van der Waals surface area contributed by atoms with Crippen molar-refractivity contribution in [2.45, 2.75) is 75.6 Å². The lowest BCUT2D eigenvalue weighted by molar-refractivity contribution is -0.141. The van der Waals surface area contributed by atoms with Gasteiger partial charge in [-0.15, -0.1) is 0 Å². The molecule has 10 heteroatoms. The van der Waals surface area contributed by atoms with E-state index in [-0.39, 0.29) is 41.8 Å². The molecule has 1 aliphatic carbocycles. The Morgan fingerprint density at radius 2 is 1.60 bits per heavy atom. The van der Waals surface area contributed by atoms with Gasteiger partial charge in [0, 0.05) is 37.2 Å². The van der Waals surface area contributed by atoms with Gasteiger partial charge in [-0.1, -0.05) is 66.2 Å². The molecular weight excluding hydrogens is 586 g/mol. The van der Waals surface area contributed by atoms with Crippen LogP contribution in [0.25, 0.3) is 0 Å². The highest BCUT2D eigenvalue weighted by Gasteiger charge is 2.31. The lowest BCUT2D eigenvalue weighted by atomic mass is 10.0. The summed E-state index contributed by atoms with van der Waals surface area (Å²) in [6.07, 6.45) is 3.01. The van der Waals surface area contributed by atoms with E-state index < -0.39 is 16.1 Å². The topological polar surface area (TPSA) is 105 Å². The van der Waals surface area contributed by atoms with Crippen LogP contribution in [0.4, 0.5) is 0 Å². The zero-order chi connectivity index (χ0) is 30.8. The molecule has 4 rings (SSSR count). The van der Waals surface area contributed by atoms with Crippen LogP contribution in [0, 0.1) is 0 Å². The van der Waals surface area contributed by atoms with E-state index in [9.17, 15) is 18.0 Å². The van der Waals surface area contributed by atoms with Crippen molar-refractivity contribution >= 4 is 33.4 Å². The Morgan fingerprint density at radius 3 is 2.23 bits per heavy atom. The van der Waals surface area contributed by atoms with Crippen LogP contribution < -0.4 is 10.0 Å². The molecule has 0 radical (unpaired) electrons. The van der Waals surface area contributed by atoms with Crippen LogP contribution in [0.5, 0.6) is 0 Å². The van der Waals surface area contributed by atoms with Gasteiger partial charge < -0.3 is 15.0 Å². The smallest absolute Gasteiger partial charge is 0.247 e. The maximum absolute atomic E-state index is 13.9. The predicted octanol–water partition coefficient (Wildman–Crippen LogP) is 5.41. The van der Waals surface area contributed by atoms with Crippen molar-refractivity contribution < 1.29 is 22.7 Å². The summed E-state index contributed by atoms with van der Waals surface area (Å²) in [6.45, 7) is 5.09. The van der Waals surface area contributed by atoms with E-state index in [2.05, 4.69) is 10.0 Å². The second kappa shape index (κ2) is 15.5. The van der Waals surface area contributed by atoms with E-state index in [1.165, 1.54) is 0 Å². The van der Waals surface area contributed by atoms with Crippen molar-refractivity contribution in [3.63, 3.8) is 0 Å². The first-order valence-electron chi connectivity index (χ1n) is 14.7. The van der Waals surface area contributed by atoms with E-state index in [0.717, 1.165) is 24.0 Å². The van der Waals surface area contributed by atoms with Crippen molar-refractivity contribution in [1.82, 2.24) is 14.9 Å². The number of carbonyl (C=O) groups is 2. The molecule has 230 valence electrons. The highest BCUT2D eigenvalue weighted by atomic mass is 35.5. The van der Waals surface area contributed by atoms with Gasteiger partial charge in [0.2, 0.25) is 21.8 Å². The van der Waals surface area contributed by atoms with E-state index in [1.807, 2.05) is 56.3 Å².